The topological polar surface area (TPSA) is 106 Å². The van der Waals surface area contributed by atoms with Gasteiger partial charge in [-0.25, -0.2) is 4.39 Å². The smallest absolute Gasteiger partial charge is 0.291 e. The van der Waals surface area contributed by atoms with Crippen molar-refractivity contribution >= 4 is 49.1 Å². The number of sulfonamides is 1. The zero-order valence-corrected chi connectivity index (χ0v) is 22.8. The second-order valence-electron chi connectivity index (χ2n) is 9.76. The van der Waals surface area contributed by atoms with Crippen LogP contribution in [-0.2, 0) is 23.0 Å². The highest BCUT2D eigenvalue weighted by Gasteiger charge is 2.28. The van der Waals surface area contributed by atoms with Crippen LogP contribution in [0.2, 0.25) is 0 Å². The number of nitrogens with one attached hydrogen (secondary N) is 2. The Morgan fingerprint density at radius 3 is 2.55 bits per heavy atom. The fourth-order valence-electron chi connectivity index (χ4n) is 5.44. The van der Waals surface area contributed by atoms with E-state index in [0.717, 1.165) is 40.5 Å². The minimum absolute atomic E-state index is 0.0997. The number of rotatable bonds is 6. The molecule has 0 unspecified atom stereocenters. The third-order valence-electron chi connectivity index (χ3n) is 7.30. The molecule has 3 aromatic carbocycles. The average molecular weight is 559 g/mol. The molecule has 0 saturated heterocycles. The number of benzene rings is 3. The third kappa shape index (κ3) is 4.44. The maximum absolute atomic E-state index is 13.4. The van der Waals surface area contributed by atoms with Crippen molar-refractivity contribution in [2.24, 2.45) is 5.10 Å². The second-order valence-corrected chi connectivity index (χ2v) is 11.4. The number of fused-ring (bicyclic) bond motifs is 4. The molecule has 0 radical (unpaired) electrons. The molecular weight excluding hydrogens is 531 g/mol. The fraction of sp³-hybridized carbons (Fsp3) is 0.200. The number of amides is 1. The Hall–Kier alpha value is -4.44. The number of carbonyl (C=O) groups excluding carboxylic acids is 1. The highest BCUT2D eigenvalue weighted by Crippen LogP contribution is 2.33. The van der Waals surface area contributed by atoms with Crippen LogP contribution in [0.4, 0.5) is 10.1 Å². The van der Waals surface area contributed by atoms with Gasteiger partial charge in [-0.1, -0.05) is 18.2 Å². The number of hydrogen-bond donors (Lipinski definition) is 2. The Kier molecular flexibility index (Phi) is 6.42. The van der Waals surface area contributed by atoms with Gasteiger partial charge in [-0.2, -0.15) is 18.4 Å². The average Bonchev–Trinajstić information content (AvgIpc) is 3.47. The highest BCUT2D eigenvalue weighted by atomic mass is 32.2. The molecule has 5 aromatic rings. The first-order valence-electron chi connectivity index (χ1n) is 13.1. The van der Waals surface area contributed by atoms with E-state index in [4.69, 9.17) is 4.42 Å². The first kappa shape index (κ1) is 25.8. The first-order chi connectivity index (χ1) is 19.3. The summed E-state index contributed by atoms with van der Waals surface area (Å²) in [6.07, 6.45) is 1.81. The molecule has 2 heterocycles. The number of aryl methyl sites for hydroxylation is 2. The lowest BCUT2D eigenvalue weighted by atomic mass is 9.93. The Morgan fingerprint density at radius 2 is 1.77 bits per heavy atom. The van der Waals surface area contributed by atoms with Gasteiger partial charge in [0.15, 0.2) is 5.76 Å². The monoisotopic (exact) mass is 558 g/mol. The minimum Gasteiger partial charge on any atom is -0.455 e. The van der Waals surface area contributed by atoms with E-state index in [2.05, 4.69) is 38.9 Å². The highest BCUT2D eigenvalue weighted by molar-refractivity contribution is 7.89. The molecule has 1 aliphatic carbocycles. The number of halogens is 1. The summed E-state index contributed by atoms with van der Waals surface area (Å²) >= 11 is 0. The lowest BCUT2D eigenvalue weighted by molar-refractivity contribution is 0.0994. The summed E-state index contributed by atoms with van der Waals surface area (Å²) < 4.78 is 46.8. The van der Waals surface area contributed by atoms with Gasteiger partial charge < -0.3 is 14.3 Å². The number of carbonyl (C=O) groups is 1. The summed E-state index contributed by atoms with van der Waals surface area (Å²) in [6.45, 7) is 4.70. The first-order valence-corrected chi connectivity index (χ1v) is 14.5. The molecule has 0 fully saturated rings. The van der Waals surface area contributed by atoms with Crippen LogP contribution in [0.3, 0.4) is 0 Å². The van der Waals surface area contributed by atoms with E-state index in [0.29, 0.717) is 47.5 Å². The van der Waals surface area contributed by atoms with E-state index in [1.54, 1.807) is 6.92 Å². The van der Waals surface area contributed by atoms with Crippen molar-refractivity contribution < 1.29 is 22.0 Å². The number of aromatic nitrogens is 1. The van der Waals surface area contributed by atoms with Crippen molar-refractivity contribution in [1.29, 1.82) is 0 Å². The third-order valence-corrected chi connectivity index (χ3v) is 8.53. The van der Waals surface area contributed by atoms with Crippen LogP contribution in [0.15, 0.2) is 81.1 Å². The van der Waals surface area contributed by atoms with Gasteiger partial charge in [0.25, 0.3) is 15.9 Å². The Balaban J connectivity index is 1.28. The molecule has 2 aromatic heterocycles. The molecule has 204 valence electrons. The standard InChI is InChI=1S/C30H27FN4O4S/c1-3-35-25-9-5-4-7-22(25)23-17-20(13-16-26(23)35)32-30(36)29-18(2)28-24(8-6-10-27(28)39-29)33-34-40(37,38)21-14-11-19(31)12-15-21/h4-5,7,9,11-17,34H,3,6,8,10H2,1-2H3,(H,32,36)/b33-24+. The van der Waals surface area contributed by atoms with Crippen molar-refractivity contribution in [3.05, 3.63) is 95.2 Å². The van der Waals surface area contributed by atoms with Crippen LogP contribution in [0.1, 0.15) is 47.2 Å². The molecule has 8 nitrogen and oxygen atoms in total. The number of anilines is 1. The van der Waals surface area contributed by atoms with E-state index in [-0.39, 0.29) is 10.7 Å². The van der Waals surface area contributed by atoms with Gasteiger partial charge in [0.2, 0.25) is 0 Å². The van der Waals surface area contributed by atoms with E-state index in [1.165, 1.54) is 12.1 Å². The molecule has 0 saturated carbocycles. The quantitative estimate of drug-likeness (QED) is 0.245. The number of hydrogen-bond acceptors (Lipinski definition) is 5. The van der Waals surface area contributed by atoms with Crippen molar-refractivity contribution in [2.45, 2.75) is 44.6 Å². The molecule has 1 amide bonds. The van der Waals surface area contributed by atoms with Crippen molar-refractivity contribution in [2.75, 3.05) is 5.32 Å². The van der Waals surface area contributed by atoms with Gasteiger partial charge in [0.05, 0.1) is 10.6 Å². The summed E-state index contributed by atoms with van der Waals surface area (Å²) in [7, 11) is -3.99. The lowest BCUT2D eigenvalue weighted by Gasteiger charge is -2.14. The molecule has 0 aliphatic heterocycles. The molecule has 10 heteroatoms. The van der Waals surface area contributed by atoms with Gasteiger partial charge in [0, 0.05) is 51.6 Å². The molecule has 0 atom stereocenters. The SMILES string of the molecule is CCn1c2ccccc2c2cc(NC(=O)c3oc4c(c3C)/C(=N/NS(=O)(=O)c3ccc(F)cc3)CCC4)ccc21. The second kappa shape index (κ2) is 9.95. The number of hydrazone groups is 1. The van der Waals surface area contributed by atoms with Crippen LogP contribution in [0.25, 0.3) is 21.8 Å². The van der Waals surface area contributed by atoms with E-state index < -0.39 is 21.7 Å². The van der Waals surface area contributed by atoms with Crippen LogP contribution in [-0.4, -0.2) is 24.6 Å². The Labute approximate surface area is 230 Å². The summed E-state index contributed by atoms with van der Waals surface area (Å²) in [5, 5.41) is 9.31. The number of furan rings is 1. The zero-order valence-electron chi connectivity index (χ0n) is 22.0. The summed E-state index contributed by atoms with van der Waals surface area (Å²) in [6, 6.07) is 18.5. The van der Waals surface area contributed by atoms with Gasteiger partial charge in [0.1, 0.15) is 11.6 Å². The Morgan fingerprint density at radius 1 is 1.02 bits per heavy atom. The van der Waals surface area contributed by atoms with Gasteiger partial charge in [-0.15, -0.1) is 0 Å². The van der Waals surface area contributed by atoms with E-state index >= 15 is 0 Å². The molecule has 6 rings (SSSR count). The predicted molar refractivity (Wildman–Crippen MR) is 153 cm³/mol. The molecule has 40 heavy (non-hydrogen) atoms. The zero-order chi connectivity index (χ0) is 28.0. The predicted octanol–water partition coefficient (Wildman–Crippen LogP) is 6.13. The van der Waals surface area contributed by atoms with Crippen LogP contribution >= 0.6 is 0 Å². The molecule has 0 bridgehead atoms. The van der Waals surface area contributed by atoms with Crippen LogP contribution in [0.5, 0.6) is 0 Å². The summed E-state index contributed by atoms with van der Waals surface area (Å²) in [4.78, 5) is 15.5. The Bertz CT molecular complexity index is 1920. The molecule has 0 spiro atoms. The number of para-hydroxylation sites is 1. The maximum atomic E-state index is 13.4. The maximum Gasteiger partial charge on any atom is 0.291 e. The van der Waals surface area contributed by atoms with Crippen LogP contribution < -0.4 is 10.1 Å². The normalized spacial score (nSPS) is 14.5. The number of nitrogens with zero attached hydrogens (tertiary/aromatic N) is 2. The summed E-state index contributed by atoms with van der Waals surface area (Å²) in [5.41, 5.74) is 4.60. The van der Waals surface area contributed by atoms with Gasteiger partial charge in [-0.05, 0) is 75.2 Å². The minimum atomic E-state index is -3.99. The lowest BCUT2D eigenvalue weighted by Crippen LogP contribution is -2.22. The fourth-order valence-corrected chi connectivity index (χ4v) is 6.27. The van der Waals surface area contributed by atoms with Gasteiger partial charge >= 0.3 is 0 Å². The summed E-state index contributed by atoms with van der Waals surface area (Å²) in [5.74, 6) is -0.168. The van der Waals surface area contributed by atoms with Crippen molar-refractivity contribution in [3.63, 3.8) is 0 Å². The molecule has 1 aliphatic rings. The molecule has 2 N–H and O–H groups in total. The van der Waals surface area contributed by atoms with Crippen molar-refractivity contribution in [1.82, 2.24) is 9.40 Å². The van der Waals surface area contributed by atoms with Crippen molar-refractivity contribution in [3.8, 4) is 0 Å². The van der Waals surface area contributed by atoms with E-state index in [1.807, 2.05) is 30.3 Å². The molecular formula is C30H27FN4O4S. The largest absolute Gasteiger partial charge is 0.455 e. The van der Waals surface area contributed by atoms with E-state index in [9.17, 15) is 17.6 Å². The van der Waals surface area contributed by atoms with Gasteiger partial charge in [-0.3, -0.25) is 4.79 Å². The van der Waals surface area contributed by atoms with Crippen LogP contribution in [0, 0.1) is 12.7 Å².